The van der Waals surface area contributed by atoms with Crippen LogP contribution in [0.25, 0.3) is 0 Å². The number of aromatic nitrogens is 1. The molecule has 1 aromatic heterocycles. The molecule has 0 aliphatic heterocycles. The van der Waals surface area contributed by atoms with Crippen LogP contribution in [0.4, 0.5) is 5.82 Å². The Hall–Kier alpha value is -1.97. The van der Waals surface area contributed by atoms with Crippen molar-refractivity contribution < 1.29 is 13.2 Å². The Morgan fingerprint density at radius 2 is 1.77 bits per heavy atom. The zero-order valence-electron chi connectivity index (χ0n) is 14.8. The molecule has 0 aliphatic carbocycles. The summed E-state index contributed by atoms with van der Waals surface area (Å²) in [5.74, 6) is 0.435. The zero-order valence-corrected chi connectivity index (χ0v) is 17.2. The van der Waals surface area contributed by atoms with Gasteiger partial charge in [0, 0.05) is 38.4 Å². The quantitative estimate of drug-likeness (QED) is 0.709. The lowest BCUT2D eigenvalue weighted by molar-refractivity contribution is -0.121. The fraction of sp³-hybridized carbons (Fsp3) is 0.294. The van der Waals surface area contributed by atoms with Crippen molar-refractivity contribution in [1.29, 1.82) is 0 Å². The van der Waals surface area contributed by atoms with Crippen molar-refractivity contribution in [2.24, 2.45) is 0 Å². The SMILES string of the molecule is CN(C)c1ccc(CNC(=O)CN(C)S(=O)(=O)c2ccc(Br)cc2)cn1. The fourth-order valence-corrected chi connectivity index (χ4v) is 3.51. The molecule has 9 heteroatoms. The monoisotopic (exact) mass is 440 g/mol. The lowest BCUT2D eigenvalue weighted by Gasteiger charge is -2.17. The minimum absolute atomic E-state index is 0.138. The number of carbonyl (C=O) groups excluding carboxylic acids is 1. The summed E-state index contributed by atoms with van der Waals surface area (Å²) in [6.07, 6.45) is 1.68. The Morgan fingerprint density at radius 3 is 2.31 bits per heavy atom. The van der Waals surface area contributed by atoms with Crippen LogP contribution in [0.5, 0.6) is 0 Å². The third-order valence-electron chi connectivity index (χ3n) is 3.65. The van der Waals surface area contributed by atoms with Gasteiger partial charge in [-0.1, -0.05) is 22.0 Å². The highest BCUT2D eigenvalue weighted by Crippen LogP contribution is 2.17. The highest BCUT2D eigenvalue weighted by atomic mass is 79.9. The van der Waals surface area contributed by atoms with E-state index < -0.39 is 10.0 Å². The summed E-state index contributed by atoms with van der Waals surface area (Å²) in [5, 5.41) is 2.71. The van der Waals surface area contributed by atoms with Crippen molar-refractivity contribution in [2.75, 3.05) is 32.6 Å². The molecule has 2 rings (SSSR count). The second-order valence-corrected chi connectivity index (χ2v) is 8.87. The zero-order chi connectivity index (χ0) is 19.3. The number of pyridine rings is 1. The summed E-state index contributed by atoms with van der Waals surface area (Å²) in [7, 11) is 1.45. The molecule has 0 fully saturated rings. The predicted molar refractivity (Wildman–Crippen MR) is 104 cm³/mol. The summed E-state index contributed by atoms with van der Waals surface area (Å²) in [5.41, 5.74) is 0.836. The van der Waals surface area contributed by atoms with Gasteiger partial charge in [0.15, 0.2) is 0 Å². The molecule has 0 atom stereocenters. The summed E-state index contributed by atoms with van der Waals surface area (Å²) in [4.78, 5) is 18.4. The maximum absolute atomic E-state index is 12.5. The van der Waals surface area contributed by atoms with E-state index >= 15 is 0 Å². The first-order valence-corrected chi connectivity index (χ1v) is 10.0. The maximum atomic E-state index is 12.5. The number of hydrogen-bond donors (Lipinski definition) is 1. The Balaban J connectivity index is 1.93. The average Bonchev–Trinajstić information content (AvgIpc) is 2.60. The molecule has 0 bridgehead atoms. The number of sulfonamides is 1. The van der Waals surface area contributed by atoms with E-state index in [2.05, 4.69) is 26.2 Å². The molecule has 0 saturated heterocycles. The van der Waals surface area contributed by atoms with Crippen LogP contribution in [-0.4, -0.2) is 51.3 Å². The Morgan fingerprint density at radius 1 is 1.12 bits per heavy atom. The van der Waals surface area contributed by atoms with E-state index in [0.717, 1.165) is 20.2 Å². The highest BCUT2D eigenvalue weighted by Gasteiger charge is 2.22. The summed E-state index contributed by atoms with van der Waals surface area (Å²) < 4.78 is 26.8. The van der Waals surface area contributed by atoms with Crippen LogP contribution >= 0.6 is 15.9 Å². The van der Waals surface area contributed by atoms with Gasteiger partial charge in [-0.25, -0.2) is 13.4 Å². The van der Waals surface area contributed by atoms with Crippen LogP contribution in [-0.2, 0) is 21.4 Å². The van der Waals surface area contributed by atoms with Crippen molar-refractivity contribution >= 4 is 37.7 Å². The van der Waals surface area contributed by atoms with Crippen LogP contribution < -0.4 is 10.2 Å². The Kier molecular flexibility index (Phi) is 6.74. The molecule has 2 aromatic rings. The van der Waals surface area contributed by atoms with Crippen LogP contribution in [0.1, 0.15) is 5.56 Å². The first-order valence-electron chi connectivity index (χ1n) is 7.81. The number of amides is 1. The largest absolute Gasteiger partial charge is 0.363 e. The number of likely N-dealkylation sites (N-methyl/N-ethyl adjacent to an activating group) is 1. The van der Waals surface area contributed by atoms with E-state index in [1.165, 1.54) is 19.2 Å². The summed E-state index contributed by atoms with van der Waals surface area (Å²) in [6.45, 7) is 0.0212. The first kappa shape index (κ1) is 20.3. The summed E-state index contributed by atoms with van der Waals surface area (Å²) in [6, 6.07) is 9.99. The van der Waals surface area contributed by atoms with Crippen LogP contribution in [0, 0.1) is 0 Å². The summed E-state index contributed by atoms with van der Waals surface area (Å²) >= 11 is 3.26. The number of hydrogen-bond acceptors (Lipinski definition) is 5. The van der Waals surface area contributed by atoms with Crippen molar-refractivity contribution in [1.82, 2.24) is 14.6 Å². The van der Waals surface area contributed by atoms with Crippen molar-refractivity contribution in [3.8, 4) is 0 Å². The minimum Gasteiger partial charge on any atom is -0.363 e. The van der Waals surface area contributed by atoms with Gasteiger partial charge in [-0.15, -0.1) is 0 Å². The molecule has 1 amide bonds. The number of benzene rings is 1. The standard InChI is InChI=1S/C17H21BrN4O3S/c1-21(2)16-9-4-13(10-19-16)11-20-17(23)12-22(3)26(24,25)15-7-5-14(18)6-8-15/h4-10H,11-12H2,1-3H3,(H,20,23). The number of nitrogens with one attached hydrogen (secondary N) is 1. The molecule has 0 radical (unpaired) electrons. The average molecular weight is 441 g/mol. The second-order valence-electron chi connectivity index (χ2n) is 5.91. The second kappa shape index (κ2) is 8.61. The normalized spacial score (nSPS) is 11.4. The third-order valence-corrected chi connectivity index (χ3v) is 5.99. The molecular formula is C17H21BrN4O3S. The molecule has 7 nitrogen and oxygen atoms in total. The van der Waals surface area contributed by atoms with Gasteiger partial charge in [-0.05, 0) is 35.9 Å². The third kappa shape index (κ3) is 5.26. The van der Waals surface area contributed by atoms with Crippen LogP contribution in [0.3, 0.4) is 0 Å². The number of rotatable bonds is 7. The number of anilines is 1. The maximum Gasteiger partial charge on any atom is 0.243 e. The molecule has 0 unspecified atom stereocenters. The molecule has 0 spiro atoms. The van der Waals surface area contributed by atoms with E-state index in [-0.39, 0.29) is 23.9 Å². The van der Waals surface area contributed by atoms with Gasteiger partial charge < -0.3 is 10.2 Å². The number of carbonyl (C=O) groups is 1. The molecule has 26 heavy (non-hydrogen) atoms. The van der Waals surface area contributed by atoms with Gasteiger partial charge >= 0.3 is 0 Å². The van der Waals surface area contributed by atoms with Crippen LogP contribution in [0.2, 0.25) is 0 Å². The lowest BCUT2D eigenvalue weighted by atomic mass is 10.3. The molecule has 0 aliphatic rings. The minimum atomic E-state index is -3.72. The highest BCUT2D eigenvalue weighted by molar-refractivity contribution is 9.10. The topological polar surface area (TPSA) is 82.6 Å². The molecule has 1 N–H and O–H groups in total. The first-order chi connectivity index (χ1) is 12.2. The van der Waals surface area contributed by atoms with Gasteiger partial charge in [-0.3, -0.25) is 4.79 Å². The molecule has 140 valence electrons. The predicted octanol–water partition coefficient (Wildman–Crippen LogP) is 1.85. The van der Waals surface area contributed by atoms with Gasteiger partial charge in [-0.2, -0.15) is 4.31 Å². The van der Waals surface area contributed by atoms with Crippen molar-refractivity contribution in [2.45, 2.75) is 11.4 Å². The molecule has 1 aromatic carbocycles. The van der Waals surface area contributed by atoms with E-state index in [1.807, 2.05) is 31.1 Å². The van der Waals surface area contributed by atoms with Crippen LogP contribution in [0.15, 0.2) is 52.0 Å². The van der Waals surface area contributed by atoms with Crippen molar-refractivity contribution in [3.05, 3.63) is 52.6 Å². The molecule has 1 heterocycles. The number of nitrogens with zero attached hydrogens (tertiary/aromatic N) is 3. The fourth-order valence-electron chi connectivity index (χ4n) is 2.12. The molecular weight excluding hydrogens is 420 g/mol. The molecule has 0 saturated carbocycles. The Labute approximate surface area is 162 Å². The lowest BCUT2D eigenvalue weighted by Crippen LogP contribution is -2.38. The van der Waals surface area contributed by atoms with Crippen molar-refractivity contribution in [3.63, 3.8) is 0 Å². The van der Waals surface area contributed by atoms with Gasteiger partial charge in [0.2, 0.25) is 15.9 Å². The van der Waals surface area contributed by atoms with E-state index in [4.69, 9.17) is 0 Å². The van der Waals surface area contributed by atoms with Gasteiger partial charge in [0.1, 0.15) is 5.82 Å². The smallest absolute Gasteiger partial charge is 0.243 e. The van der Waals surface area contributed by atoms with Gasteiger partial charge in [0.25, 0.3) is 0 Å². The van der Waals surface area contributed by atoms with E-state index in [9.17, 15) is 13.2 Å². The Bertz CT molecular complexity index is 853. The van der Waals surface area contributed by atoms with E-state index in [1.54, 1.807) is 18.3 Å². The van der Waals surface area contributed by atoms with E-state index in [0.29, 0.717) is 0 Å². The number of halogens is 1. The van der Waals surface area contributed by atoms with Gasteiger partial charge in [0.05, 0.1) is 11.4 Å².